The van der Waals surface area contributed by atoms with Crippen LogP contribution in [0.15, 0.2) is 30.6 Å². The van der Waals surface area contributed by atoms with E-state index in [1.165, 1.54) is 31.7 Å². The van der Waals surface area contributed by atoms with E-state index in [9.17, 15) is 4.39 Å². The lowest BCUT2D eigenvalue weighted by molar-refractivity contribution is 0.627. The number of aromatic nitrogens is 2. The molecule has 0 spiro atoms. The van der Waals surface area contributed by atoms with Crippen molar-refractivity contribution in [1.29, 1.82) is 0 Å². The molecule has 19 heavy (non-hydrogen) atoms. The molecule has 2 aromatic rings. The van der Waals surface area contributed by atoms with Crippen molar-refractivity contribution in [2.45, 2.75) is 31.7 Å². The summed E-state index contributed by atoms with van der Waals surface area (Å²) in [5.74, 6) is 0.341. The van der Waals surface area contributed by atoms with Crippen LogP contribution in [0.2, 0.25) is 5.02 Å². The predicted molar refractivity (Wildman–Crippen MR) is 74.4 cm³/mol. The van der Waals surface area contributed by atoms with Crippen molar-refractivity contribution in [3.8, 4) is 5.69 Å². The Balaban J connectivity index is 1.87. The van der Waals surface area contributed by atoms with Gasteiger partial charge in [0.05, 0.1) is 10.7 Å². The molecule has 0 radical (unpaired) electrons. The van der Waals surface area contributed by atoms with Gasteiger partial charge in [0.1, 0.15) is 5.82 Å². The molecule has 0 unspecified atom stereocenters. The Hall–Kier alpha value is -1.55. The summed E-state index contributed by atoms with van der Waals surface area (Å²) in [6, 6.07) is 5.24. The minimum atomic E-state index is -0.417. The summed E-state index contributed by atoms with van der Waals surface area (Å²) in [7, 11) is 0. The number of halogens is 2. The third-order valence-corrected chi connectivity index (χ3v) is 3.82. The van der Waals surface area contributed by atoms with E-state index in [2.05, 4.69) is 10.3 Å². The molecule has 0 saturated heterocycles. The first kappa shape index (κ1) is 12.5. The normalized spacial score (nSPS) is 15.9. The molecular weight excluding hydrogens is 265 g/mol. The lowest BCUT2D eigenvalue weighted by Gasteiger charge is -2.14. The van der Waals surface area contributed by atoms with E-state index >= 15 is 0 Å². The molecule has 1 aliphatic carbocycles. The van der Waals surface area contributed by atoms with Crippen molar-refractivity contribution >= 4 is 17.5 Å². The second-order valence-corrected chi connectivity index (χ2v) is 5.25. The molecular formula is C14H15ClFN3. The number of nitrogens with zero attached hydrogens (tertiary/aromatic N) is 2. The number of nitrogens with one attached hydrogen (secondary N) is 1. The molecule has 0 bridgehead atoms. The smallest absolute Gasteiger partial charge is 0.207 e. The van der Waals surface area contributed by atoms with E-state index < -0.39 is 5.82 Å². The fourth-order valence-electron chi connectivity index (χ4n) is 2.51. The fourth-order valence-corrected chi connectivity index (χ4v) is 2.62. The van der Waals surface area contributed by atoms with Gasteiger partial charge in [-0.25, -0.2) is 9.37 Å². The molecule has 100 valence electrons. The summed E-state index contributed by atoms with van der Waals surface area (Å²) in [5, 5.41) is 3.55. The number of hydrogen-bond acceptors (Lipinski definition) is 2. The zero-order chi connectivity index (χ0) is 13.2. The largest absolute Gasteiger partial charge is 0.353 e. The summed E-state index contributed by atoms with van der Waals surface area (Å²) in [4.78, 5) is 4.30. The van der Waals surface area contributed by atoms with Crippen LogP contribution in [0.5, 0.6) is 0 Å². The molecule has 1 aromatic carbocycles. The van der Waals surface area contributed by atoms with Gasteiger partial charge in [-0.3, -0.25) is 4.57 Å². The monoisotopic (exact) mass is 279 g/mol. The van der Waals surface area contributed by atoms with E-state index in [0.717, 1.165) is 11.6 Å². The van der Waals surface area contributed by atoms with E-state index in [1.807, 2.05) is 10.8 Å². The summed E-state index contributed by atoms with van der Waals surface area (Å²) < 4.78 is 15.4. The number of rotatable bonds is 3. The van der Waals surface area contributed by atoms with Crippen LogP contribution in [0, 0.1) is 5.82 Å². The number of imidazole rings is 1. The number of anilines is 1. The Morgan fingerprint density at radius 2 is 2.11 bits per heavy atom. The summed E-state index contributed by atoms with van der Waals surface area (Å²) >= 11 is 5.70. The second kappa shape index (κ2) is 5.21. The first-order valence-electron chi connectivity index (χ1n) is 6.49. The van der Waals surface area contributed by atoms with Crippen molar-refractivity contribution in [2.75, 3.05) is 5.32 Å². The molecule has 1 saturated carbocycles. The molecule has 5 heteroatoms. The van der Waals surface area contributed by atoms with Crippen LogP contribution in [-0.4, -0.2) is 15.6 Å². The number of hydrogen-bond donors (Lipinski definition) is 1. The van der Waals surface area contributed by atoms with Gasteiger partial charge in [-0.2, -0.15) is 0 Å². The standard InChI is InChI=1S/C14H15ClFN3/c15-12-6-5-11(9-13(12)16)19-8-7-17-14(19)18-10-3-1-2-4-10/h5-10H,1-4H2,(H,17,18). The molecule has 0 atom stereocenters. The second-order valence-electron chi connectivity index (χ2n) is 4.84. The Morgan fingerprint density at radius 3 is 2.84 bits per heavy atom. The molecule has 1 aromatic heterocycles. The van der Waals surface area contributed by atoms with Crippen molar-refractivity contribution in [3.63, 3.8) is 0 Å². The van der Waals surface area contributed by atoms with Gasteiger partial charge >= 0.3 is 0 Å². The lowest BCUT2D eigenvalue weighted by Crippen LogP contribution is -2.17. The highest BCUT2D eigenvalue weighted by molar-refractivity contribution is 6.30. The molecule has 3 nitrogen and oxygen atoms in total. The molecule has 1 fully saturated rings. The SMILES string of the molecule is Fc1cc(-n2ccnc2NC2CCCC2)ccc1Cl. The Kier molecular flexibility index (Phi) is 3.42. The third kappa shape index (κ3) is 2.59. The molecule has 0 amide bonds. The zero-order valence-electron chi connectivity index (χ0n) is 10.4. The maximum Gasteiger partial charge on any atom is 0.207 e. The average Bonchev–Trinajstić information content (AvgIpc) is 3.05. The van der Waals surface area contributed by atoms with Crippen molar-refractivity contribution in [2.24, 2.45) is 0 Å². The number of benzene rings is 1. The zero-order valence-corrected chi connectivity index (χ0v) is 11.2. The van der Waals surface area contributed by atoms with Crippen molar-refractivity contribution in [3.05, 3.63) is 41.4 Å². The minimum Gasteiger partial charge on any atom is -0.353 e. The first-order chi connectivity index (χ1) is 9.24. The highest BCUT2D eigenvalue weighted by Crippen LogP contribution is 2.24. The van der Waals surface area contributed by atoms with Crippen LogP contribution >= 0.6 is 11.6 Å². The van der Waals surface area contributed by atoms with Gasteiger partial charge in [-0.1, -0.05) is 24.4 Å². The van der Waals surface area contributed by atoms with Gasteiger partial charge in [-0.05, 0) is 31.0 Å². The summed E-state index contributed by atoms with van der Waals surface area (Å²) in [6.07, 6.45) is 8.38. The first-order valence-corrected chi connectivity index (χ1v) is 6.87. The van der Waals surface area contributed by atoms with Crippen LogP contribution in [-0.2, 0) is 0 Å². The van der Waals surface area contributed by atoms with E-state index in [0.29, 0.717) is 6.04 Å². The van der Waals surface area contributed by atoms with Gasteiger partial charge in [0, 0.05) is 18.4 Å². The van der Waals surface area contributed by atoms with Crippen LogP contribution in [0.3, 0.4) is 0 Å². The predicted octanol–water partition coefficient (Wildman–Crippen LogP) is 4.02. The minimum absolute atomic E-state index is 0.133. The maximum absolute atomic E-state index is 13.5. The van der Waals surface area contributed by atoms with Crippen molar-refractivity contribution < 1.29 is 4.39 Å². The van der Waals surface area contributed by atoms with Gasteiger partial charge in [-0.15, -0.1) is 0 Å². The molecule has 1 N–H and O–H groups in total. The molecule has 0 aliphatic heterocycles. The highest BCUT2D eigenvalue weighted by atomic mass is 35.5. The summed E-state index contributed by atoms with van der Waals surface area (Å²) in [6.45, 7) is 0. The Morgan fingerprint density at radius 1 is 1.32 bits per heavy atom. The average molecular weight is 280 g/mol. The molecule has 1 aliphatic rings. The molecule has 1 heterocycles. The van der Waals surface area contributed by atoms with Crippen LogP contribution < -0.4 is 5.32 Å². The van der Waals surface area contributed by atoms with Gasteiger partial charge in [0.25, 0.3) is 0 Å². The Labute approximate surface area is 116 Å². The van der Waals surface area contributed by atoms with Gasteiger partial charge in [0.2, 0.25) is 5.95 Å². The van der Waals surface area contributed by atoms with Gasteiger partial charge in [0.15, 0.2) is 0 Å². The topological polar surface area (TPSA) is 29.9 Å². The maximum atomic E-state index is 13.5. The van der Waals surface area contributed by atoms with Gasteiger partial charge < -0.3 is 5.32 Å². The van der Waals surface area contributed by atoms with Crippen LogP contribution in [0.4, 0.5) is 10.3 Å². The van der Waals surface area contributed by atoms with E-state index in [4.69, 9.17) is 11.6 Å². The lowest BCUT2D eigenvalue weighted by atomic mass is 10.2. The van der Waals surface area contributed by atoms with E-state index in [1.54, 1.807) is 18.3 Å². The van der Waals surface area contributed by atoms with Crippen LogP contribution in [0.1, 0.15) is 25.7 Å². The van der Waals surface area contributed by atoms with Crippen molar-refractivity contribution in [1.82, 2.24) is 9.55 Å². The third-order valence-electron chi connectivity index (χ3n) is 3.51. The van der Waals surface area contributed by atoms with E-state index in [-0.39, 0.29) is 5.02 Å². The summed E-state index contributed by atoms with van der Waals surface area (Å²) in [5.41, 5.74) is 0.722. The Bertz CT molecular complexity index is 576. The molecule has 3 rings (SSSR count). The highest BCUT2D eigenvalue weighted by Gasteiger charge is 2.17. The van der Waals surface area contributed by atoms with Crippen LogP contribution in [0.25, 0.3) is 5.69 Å². The fraction of sp³-hybridized carbons (Fsp3) is 0.357. The quantitative estimate of drug-likeness (QED) is 0.920.